The lowest BCUT2D eigenvalue weighted by Gasteiger charge is -2.36. The minimum Gasteiger partial charge on any atom is -0.478 e. The van der Waals surface area contributed by atoms with Gasteiger partial charge >= 0.3 is 5.97 Å². The third-order valence-corrected chi connectivity index (χ3v) is 7.40. The maximum atomic E-state index is 11.9. The summed E-state index contributed by atoms with van der Waals surface area (Å²) in [5.74, 6) is -0.0361. The second-order valence-electron chi connectivity index (χ2n) is 10.4. The molecule has 0 aliphatic carbocycles. The second-order valence-corrected chi connectivity index (χ2v) is 10.8. The zero-order valence-electron chi connectivity index (χ0n) is 22.9. The molecule has 5 rings (SSSR count). The molecule has 0 aromatic heterocycles. The maximum absolute atomic E-state index is 11.9. The highest BCUT2D eigenvalue weighted by atomic mass is 35.5. The Morgan fingerprint density at radius 2 is 1.60 bits per heavy atom. The van der Waals surface area contributed by atoms with E-state index in [0.717, 1.165) is 55.5 Å². The Balaban J connectivity index is 1.26. The number of carboxylic acid groups (broad SMARTS) is 1. The first-order valence-electron chi connectivity index (χ1n) is 13.5. The van der Waals surface area contributed by atoms with Crippen molar-refractivity contribution < 1.29 is 14.6 Å². The number of hydrogen-bond donors (Lipinski definition) is 1. The highest BCUT2D eigenvalue weighted by Crippen LogP contribution is 2.32. The minimum absolute atomic E-state index is 0.151. The van der Waals surface area contributed by atoms with Crippen LogP contribution in [0.3, 0.4) is 0 Å². The summed E-state index contributed by atoms with van der Waals surface area (Å²) >= 11 is 6.10. The van der Waals surface area contributed by atoms with E-state index >= 15 is 0 Å². The summed E-state index contributed by atoms with van der Waals surface area (Å²) in [6.07, 6.45) is 0. The summed E-state index contributed by atoms with van der Waals surface area (Å²) < 4.78 is 6.09. The van der Waals surface area contributed by atoms with Crippen molar-refractivity contribution in [1.29, 1.82) is 0 Å². The molecule has 4 aromatic carbocycles. The molecule has 0 bridgehead atoms. The molecule has 0 atom stereocenters. The molecule has 4 aromatic rings. The van der Waals surface area contributed by atoms with E-state index in [1.165, 1.54) is 16.7 Å². The van der Waals surface area contributed by atoms with Crippen LogP contribution in [0.5, 0.6) is 11.5 Å². The Kier molecular flexibility index (Phi) is 8.70. The Bertz CT molecular complexity index is 1450. The first-order valence-corrected chi connectivity index (χ1v) is 13.8. The third-order valence-electron chi connectivity index (χ3n) is 7.15. The molecule has 0 radical (unpaired) electrons. The van der Waals surface area contributed by atoms with Crippen molar-refractivity contribution in [3.8, 4) is 22.6 Å². The number of rotatable bonds is 9. The van der Waals surface area contributed by atoms with E-state index in [0.29, 0.717) is 11.5 Å². The van der Waals surface area contributed by atoms with E-state index in [9.17, 15) is 9.90 Å². The smallest absolute Gasteiger partial charge is 0.339 e. The van der Waals surface area contributed by atoms with E-state index in [1.54, 1.807) is 6.07 Å². The molecule has 7 heteroatoms. The van der Waals surface area contributed by atoms with Crippen molar-refractivity contribution in [2.45, 2.75) is 13.1 Å². The highest BCUT2D eigenvalue weighted by Gasteiger charge is 2.21. The van der Waals surface area contributed by atoms with Gasteiger partial charge in [0.25, 0.3) is 0 Å². The first kappa shape index (κ1) is 27.7. The van der Waals surface area contributed by atoms with Crippen molar-refractivity contribution >= 4 is 23.3 Å². The van der Waals surface area contributed by atoms with Crippen LogP contribution in [0.2, 0.25) is 5.02 Å². The number of ether oxygens (including phenoxy) is 1. The van der Waals surface area contributed by atoms with Gasteiger partial charge in [-0.3, -0.25) is 4.90 Å². The number of aromatic carboxylic acids is 1. The second kappa shape index (κ2) is 12.6. The van der Waals surface area contributed by atoms with Crippen LogP contribution in [0, 0.1) is 0 Å². The van der Waals surface area contributed by atoms with Crippen LogP contribution in [-0.2, 0) is 13.1 Å². The summed E-state index contributed by atoms with van der Waals surface area (Å²) in [6.45, 7) is 5.18. The van der Waals surface area contributed by atoms with Gasteiger partial charge in [0.2, 0.25) is 0 Å². The molecule has 0 amide bonds. The van der Waals surface area contributed by atoms with Gasteiger partial charge < -0.3 is 19.6 Å². The van der Waals surface area contributed by atoms with Crippen LogP contribution in [0.25, 0.3) is 11.1 Å². The lowest BCUT2D eigenvalue weighted by molar-refractivity contribution is 0.0694. The van der Waals surface area contributed by atoms with Crippen LogP contribution in [0.1, 0.15) is 21.5 Å². The number of nitrogens with zero attached hydrogens (tertiary/aromatic N) is 3. The molecule has 40 heavy (non-hydrogen) atoms. The molecule has 1 aliphatic heterocycles. The summed E-state index contributed by atoms with van der Waals surface area (Å²) in [7, 11) is 4.05. The Hall–Kier alpha value is -3.84. The van der Waals surface area contributed by atoms with Gasteiger partial charge in [-0.25, -0.2) is 4.79 Å². The average molecular weight is 556 g/mol. The molecule has 6 nitrogen and oxygen atoms in total. The summed E-state index contributed by atoms with van der Waals surface area (Å²) in [6, 6.07) is 29.7. The predicted octanol–water partition coefficient (Wildman–Crippen LogP) is 6.88. The molecular formula is C33H34ClN3O3. The number of anilines is 1. The molecule has 0 unspecified atom stereocenters. The van der Waals surface area contributed by atoms with Gasteiger partial charge in [-0.05, 0) is 72.7 Å². The lowest BCUT2D eigenvalue weighted by atomic mass is 9.99. The van der Waals surface area contributed by atoms with Crippen molar-refractivity contribution in [2.75, 3.05) is 45.2 Å². The minimum atomic E-state index is -1.00. The molecule has 1 aliphatic rings. The fourth-order valence-electron chi connectivity index (χ4n) is 5.10. The van der Waals surface area contributed by atoms with Gasteiger partial charge in [0, 0.05) is 56.0 Å². The molecule has 0 saturated carbocycles. The summed E-state index contributed by atoms with van der Waals surface area (Å²) in [5.41, 5.74) is 5.96. The standard InChI is InChI=1S/C33H34ClN3O3/c1-35(2)22-24-7-14-29(15-8-24)40-32-21-28(13-16-31(32)33(38)39)37-19-17-36(18-20-37)23-26-5-3-4-6-30(26)25-9-11-27(34)12-10-25/h3-16,21H,17-20,22-23H2,1-2H3,(H,38,39). The maximum Gasteiger partial charge on any atom is 0.339 e. The van der Waals surface area contributed by atoms with E-state index < -0.39 is 5.97 Å². The van der Waals surface area contributed by atoms with Crippen molar-refractivity contribution in [2.24, 2.45) is 0 Å². The molecular weight excluding hydrogens is 522 g/mol. The van der Waals surface area contributed by atoms with Gasteiger partial charge in [-0.15, -0.1) is 0 Å². The Morgan fingerprint density at radius 3 is 2.27 bits per heavy atom. The van der Waals surface area contributed by atoms with Crippen LogP contribution in [0.15, 0.2) is 91.0 Å². The van der Waals surface area contributed by atoms with Crippen LogP contribution >= 0.6 is 11.6 Å². The Morgan fingerprint density at radius 1 is 0.900 bits per heavy atom. The molecule has 1 fully saturated rings. The van der Waals surface area contributed by atoms with Crippen molar-refractivity contribution in [3.63, 3.8) is 0 Å². The lowest BCUT2D eigenvalue weighted by Crippen LogP contribution is -2.46. The molecule has 1 N–H and O–H groups in total. The number of hydrogen-bond acceptors (Lipinski definition) is 5. The van der Waals surface area contributed by atoms with E-state index in [1.807, 2.05) is 62.6 Å². The number of halogens is 1. The van der Waals surface area contributed by atoms with Crippen LogP contribution in [-0.4, -0.2) is 61.2 Å². The molecule has 1 saturated heterocycles. The SMILES string of the molecule is CN(C)Cc1ccc(Oc2cc(N3CCN(Cc4ccccc4-c4ccc(Cl)cc4)CC3)ccc2C(=O)O)cc1. The van der Waals surface area contributed by atoms with E-state index in [4.69, 9.17) is 16.3 Å². The van der Waals surface area contributed by atoms with Crippen LogP contribution in [0.4, 0.5) is 5.69 Å². The van der Waals surface area contributed by atoms with Gasteiger partial charge in [0.15, 0.2) is 0 Å². The fourth-order valence-corrected chi connectivity index (χ4v) is 5.22. The largest absolute Gasteiger partial charge is 0.478 e. The topological polar surface area (TPSA) is 56.2 Å². The zero-order valence-corrected chi connectivity index (χ0v) is 23.6. The molecule has 0 spiro atoms. The third kappa shape index (κ3) is 6.83. The fraction of sp³-hybridized carbons (Fsp3) is 0.242. The van der Waals surface area contributed by atoms with E-state index in [-0.39, 0.29) is 5.56 Å². The first-order chi connectivity index (χ1) is 19.4. The average Bonchev–Trinajstić information content (AvgIpc) is 2.95. The number of piperazine rings is 1. The van der Waals surface area contributed by atoms with Crippen molar-refractivity contribution in [3.05, 3.63) is 113 Å². The summed E-state index contributed by atoms with van der Waals surface area (Å²) in [4.78, 5) is 18.8. The normalized spacial score (nSPS) is 13.9. The van der Waals surface area contributed by atoms with E-state index in [2.05, 4.69) is 51.1 Å². The number of carbonyl (C=O) groups is 1. The number of carboxylic acids is 1. The van der Waals surface area contributed by atoms with Gasteiger partial charge in [-0.2, -0.15) is 0 Å². The molecule has 206 valence electrons. The summed E-state index contributed by atoms with van der Waals surface area (Å²) in [5, 5.41) is 10.5. The quantitative estimate of drug-likeness (QED) is 0.243. The zero-order chi connectivity index (χ0) is 28.1. The van der Waals surface area contributed by atoms with Crippen LogP contribution < -0.4 is 9.64 Å². The van der Waals surface area contributed by atoms with Gasteiger partial charge in [0.05, 0.1) is 0 Å². The Labute approximate surface area is 241 Å². The molecule has 1 heterocycles. The van der Waals surface area contributed by atoms with Crippen molar-refractivity contribution in [1.82, 2.24) is 9.80 Å². The number of benzene rings is 4. The van der Waals surface area contributed by atoms with Gasteiger partial charge in [0.1, 0.15) is 17.1 Å². The predicted molar refractivity (Wildman–Crippen MR) is 162 cm³/mol. The highest BCUT2D eigenvalue weighted by molar-refractivity contribution is 6.30. The monoisotopic (exact) mass is 555 g/mol. The van der Waals surface area contributed by atoms with Gasteiger partial charge in [-0.1, -0.05) is 60.1 Å².